The first-order valence-electron chi connectivity index (χ1n) is 8.69. The lowest BCUT2D eigenvalue weighted by Gasteiger charge is -2.34. The van der Waals surface area contributed by atoms with Crippen LogP contribution in [-0.4, -0.2) is 63.0 Å². The van der Waals surface area contributed by atoms with Crippen molar-refractivity contribution in [3.63, 3.8) is 0 Å². The highest BCUT2D eigenvalue weighted by molar-refractivity contribution is 5.96. The number of likely N-dealkylation sites (N-methyl/N-ethyl adjacent to an activating group) is 1. The van der Waals surface area contributed by atoms with Gasteiger partial charge >= 0.3 is 5.69 Å². The zero-order valence-corrected chi connectivity index (χ0v) is 14.6. The van der Waals surface area contributed by atoms with Gasteiger partial charge in [-0.15, -0.1) is 0 Å². The first-order valence-corrected chi connectivity index (χ1v) is 8.69. The lowest BCUT2D eigenvalue weighted by molar-refractivity contribution is 0.0643. The zero-order chi connectivity index (χ0) is 18.0. The Hall–Kier alpha value is -2.48. The monoisotopic (exact) mass is 345 g/mol. The molecule has 25 heavy (non-hydrogen) atoms. The van der Waals surface area contributed by atoms with Crippen LogP contribution in [0.5, 0.6) is 0 Å². The van der Waals surface area contributed by atoms with E-state index in [-0.39, 0.29) is 11.3 Å². The SMILES string of the molecule is CCCn1c(=O)[nH]c(=O)c2cc(C(=O)N3CCN(CC)CC3)cnc21. The summed E-state index contributed by atoms with van der Waals surface area (Å²) in [5.41, 5.74) is -0.278. The fourth-order valence-electron chi connectivity index (χ4n) is 3.17. The molecule has 0 spiro atoms. The highest BCUT2D eigenvalue weighted by Gasteiger charge is 2.22. The van der Waals surface area contributed by atoms with Gasteiger partial charge in [-0.3, -0.25) is 19.1 Å². The van der Waals surface area contributed by atoms with Crippen LogP contribution in [0.25, 0.3) is 11.0 Å². The molecule has 2 aromatic heterocycles. The number of aromatic nitrogens is 3. The molecule has 3 rings (SSSR count). The molecule has 8 nitrogen and oxygen atoms in total. The van der Waals surface area contributed by atoms with Crippen molar-refractivity contribution in [1.29, 1.82) is 0 Å². The molecule has 1 aliphatic heterocycles. The molecular weight excluding hydrogens is 322 g/mol. The van der Waals surface area contributed by atoms with Gasteiger partial charge < -0.3 is 9.80 Å². The van der Waals surface area contributed by atoms with E-state index in [1.807, 2.05) is 6.92 Å². The molecule has 0 radical (unpaired) electrons. The summed E-state index contributed by atoms with van der Waals surface area (Å²) in [4.78, 5) is 47.5. The second-order valence-corrected chi connectivity index (χ2v) is 6.23. The van der Waals surface area contributed by atoms with Gasteiger partial charge in [0.2, 0.25) is 0 Å². The van der Waals surface area contributed by atoms with Gasteiger partial charge in [-0.2, -0.15) is 0 Å². The lowest BCUT2D eigenvalue weighted by atomic mass is 10.2. The van der Waals surface area contributed by atoms with Gasteiger partial charge in [0.25, 0.3) is 11.5 Å². The Morgan fingerprint density at radius 3 is 2.56 bits per heavy atom. The number of aromatic amines is 1. The normalized spacial score (nSPS) is 15.7. The summed E-state index contributed by atoms with van der Waals surface area (Å²) in [6, 6.07) is 1.54. The number of H-pyrrole nitrogens is 1. The van der Waals surface area contributed by atoms with Gasteiger partial charge in [0.1, 0.15) is 5.65 Å². The van der Waals surface area contributed by atoms with Crippen LogP contribution >= 0.6 is 0 Å². The molecule has 0 saturated carbocycles. The van der Waals surface area contributed by atoms with Gasteiger partial charge in [-0.1, -0.05) is 13.8 Å². The average Bonchev–Trinajstić information content (AvgIpc) is 2.64. The fraction of sp³-hybridized carbons (Fsp3) is 0.529. The van der Waals surface area contributed by atoms with Crippen LogP contribution in [0.15, 0.2) is 21.9 Å². The lowest BCUT2D eigenvalue weighted by Crippen LogP contribution is -2.48. The van der Waals surface area contributed by atoms with Crippen molar-refractivity contribution in [2.45, 2.75) is 26.8 Å². The van der Waals surface area contributed by atoms with E-state index < -0.39 is 11.2 Å². The smallest absolute Gasteiger partial charge is 0.329 e. The number of amides is 1. The first-order chi connectivity index (χ1) is 12.0. The highest BCUT2D eigenvalue weighted by Crippen LogP contribution is 2.12. The quantitative estimate of drug-likeness (QED) is 0.859. The summed E-state index contributed by atoms with van der Waals surface area (Å²) < 4.78 is 1.44. The molecule has 3 heterocycles. The van der Waals surface area contributed by atoms with E-state index in [4.69, 9.17) is 0 Å². The number of rotatable bonds is 4. The van der Waals surface area contributed by atoms with Crippen LogP contribution in [0, 0.1) is 0 Å². The van der Waals surface area contributed by atoms with Crippen molar-refractivity contribution in [3.8, 4) is 0 Å². The van der Waals surface area contributed by atoms with Crippen molar-refractivity contribution in [1.82, 2.24) is 24.3 Å². The number of fused-ring (bicyclic) bond motifs is 1. The molecule has 0 atom stereocenters. The summed E-state index contributed by atoms with van der Waals surface area (Å²) in [5, 5.41) is 0.270. The molecule has 0 bridgehead atoms. The van der Waals surface area contributed by atoms with Crippen LogP contribution in [-0.2, 0) is 6.54 Å². The Balaban J connectivity index is 1.95. The maximum absolute atomic E-state index is 12.7. The number of aryl methyl sites for hydroxylation is 1. The molecule has 1 N–H and O–H groups in total. The van der Waals surface area contributed by atoms with E-state index in [1.165, 1.54) is 10.8 Å². The van der Waals surface area contributed by atoms with E-state index in [0.29, 0.717) is 30.8 Å². The predicted molar refractivity (Wildman–Crippen MR) is 94.9 cm³/mol. The van der Waals surface area contributed by atoms with Gasteiger partial charge in [-0.25, -0.2) is 9.78 Å². The van der Waals surface area contributed by atoms with E-state index in [1.54, 1.807) is 11.0 Å². The Morgan fingerprint density at radius 1 is 1.20 bits per heavy atom. The fourth-order valence-corrected chi connectivity index (χ4v) is 3.17. The number of piperazine rings is 1. The molecule has 8 heteroatoms. The zero-order valence-electron chi connectivity index (χ0n) is 14.6. The van der Waals surface area contributed by atoms with Crippen molar-refractivity contribution in [2.24, 2.45) is 0 Å². The van der Waals surface area contributed by atoms with Crippen molar-refractivity contribution < 1.29 is 4.79 Å². The first kappa shape index (κ1) is 17.3. The van der Waals surface area contributed by atoms with E-state index in [2.05, 4.69) is 21.8 Å². The van der Waals surface area contributed by atoms with Crippen molar-refractivity contribution in [3.05, 3.63) is 38.7 Å². The molecule has 1 aliphatic rings. The largest absolute Gasteiger partial charge is 0.336 e. The number of pyridine rings is 1. The second-order valence-electron chi connectivity index (χ2n) is 6.23. The minimum absolute atomic E-state index is 0.127. The molecule has 1 saturated heterocycles. The third-order valence-corrected chi connectivity index (χ3v) is 4.63. The number of carbonyl (C=O) groups excluding carboxylic acids is 1. The van der Waals surface area contributed by atoms with Crippen LogP contribution in [0.4, 0.5) is 0 Å². The van der Waals surface area contributed by atoms with Crippen LogP contribution in [0.1, 0.15) is 30.6 Å². The number of nitrogens with zero attached hydrogens (tertiary/aromatic N) is 4. The topological polar surface area (TPSA) is 91.3 Å². The molecule has 0 unspecified atom stereocenters. The average molecular weight is 345 g/mol. The maximum atomic E-state index is 12.7. The Labute approximate surface area is 145 Å². The molecule has 134 valence electrons. The summed E-state index contributed by atoms with van der Waals surface area (Å²) in [7, 11) is 0. The Morgan fingerprint density at radius 2 is 1.92 bits per heavy atom. The van der Waals surface area contributed by atoms with Gasteiger partial charge in [0.15, 0.2) is 0 Å². The third-order valence-electron chi connectivity index (χ3n) is 4.63. The highest BCUT2D eigenvalue weighted by atomic mass is 16.2. The van der Waals surface area contributed by atoms with Crippen molar-refractivity contribution >= 4 is 16.9 Å². The van der Waals surface area contributed by atoms with Crippen molar-refractivity contribution in [2.75, 3.05) is 32.7 Å². The standard InChI is InChI=1S/C17H23N5O3/c1-3-5-22-14-13(15(23)19-17(22)25)10-12(11-18-14)16(24)21-8-6-20(4-2)7-9-21/h10-11H,3-9H2,1-2H3,(H,19,23,25). The number of nitrogens with one attached hydrogen (secondary N) is 1. The number of carbonyl (C=O) groups is 1. The van der Waals surface area contributed by atoms with Crippen LogP contribution in [0.3, 0.4) is 0 Å². The van der Waals surface area contributed by atoms with E-state index in [9.17, 15) is 14.4 Å². The van der Waals surface area contributed by atoms with E-state index in [0.717, 1.165) is 26.1 Å². The molecule has 1 amide bonds. The minimum atomic E-state index is -0.509. The summed E-state index contributed by atoms with van der Waals surface area (Å²) in [6.45, 7) is 8.51. The number of hydrogen-bond donors (Lipinski definition) is 1. The molecule has 0 aromatic carbocycles. The predicted octanol–water partition coefficient (Wildman–Crippen LogP) is 0.273. The summed E-state index contributed by atoms with van der Waals surface area (Å²) in [6.07, 6.45) is 2.20. The Bertz CT molecular complexity index is 893. The second kappa shape index (κ2) is 7.18. The maximum Gasteiger partial charge on any atom is 0.329 e. The van der Waals surface area contributed by atoms with Crippen LogP contribution in [0.2, 0.25) is 0 Å². The Kier molecular flexibility index (Phi) is 4.98. The van der Waals surface area contributed by atoms with Gasteiger partial charge in [-0.05, 0) is 19.0 Å². The molecular formula is C17H23N5O3. The molecule has 2 aromatic rings. The number of hydrogen-bond acceptors (Lipinski definition) is 5. The summed E-state index contributed by atoms with van der Waals surface area (Å²) in [5.74, 6) is -0.127. The van der Waals surface area contributed by atoms with Gasteiger partial charge in [0.05, 0.1) is 10.9 Å². The minimum Gasteiger partial charge on any atom is -0.336 e. The van der Waals surface area contributed by atoms with E-state index >= 15 is 0 Å². The third kappa shape index (κ3) is 3.34. The van der Waals surface area contributed by atoms with Crippen LogP contribution < -0.4 is 11.2 Å². The summed E-state index contributed by atoms with van der Waals surface area (Å²) >= 11 is 0. The molecule has 0 aliphatic carbocycles. The van der Waals surface area contributed by atoms with Gasteiger partial charge in [0, 0.05) is 38.9 Å². The molecule has 1 fully saturated rings.